The molecule has 0 aromatic heterocycles. The van der Waals surface area contributed by atoms with Gasteiger partial charge in [0.05, 0.1) is 0 Å². The van der Waals surface area contributed by atoms with E-state index in [-0.39, 0.29) is 11.9 Å². The van der Waals surface area contributed by atoms with Gasteiger partial charge in [-0.3, -0.25) is 9.59 Å². The van der Waals surface area contributed by atoms with Crippen LogP contribution in [0.5, 0.6) is 11.5 Å². The monoisotopic (exact) mass is 340 g/mol. The Morgan fingerprint density at radius 1 is 0.800 bits per heavy atom. The van der Waals surface area contributed by atoms with Crippen LogP contribution in [0, 0.1) is 0 Å². The van der Waals surface area contributed by atoms with Crippen LogP contribution in [0.3, 0.4) is 0 Å². The van der Waals surface area contributed by atoms with Crippen molar-refractivity contribution in [2.24, 2.45) is 0 Å². The van der Waals surface area contributed by atoms with Crippen molar-refractivity contribution in [3.63, 3.8) is 0 Å². The minimum absolute atomic E-state index is 0.365. The zero-order valence-electron chi connectivity index (χ0n) is 14.7. The van der Waals surface area contributed by atoms with Gasteiger partial charge in [-0.15, -0.1) is 0 Å². The highest BCUT2D eigenvalue weighted by atomic mass is 16.6. The number of epoxide rings is 1. The number of hydrogen-bond donors (Lipinski definition) is 0. The summed E-state index contributed by atoms with van der Waals surface area (Å²) in [6, 6.07) is 14.6. The minimum atomic E-state index is -0.571. The number of carbonyl (C=O) groups is 2. The van der Waals surface area contributed by atoms with E-state index in [1.807, 2.05) is 50.2 Å². The molecule has 1 saturated heterocycles. The number of ether oxygens (including phenoxy) is 3. The highest BCUT2D eigenvalue weighted by Gasteiger charge is 2.65. The van der Waals surface area contributed by atoms with Gasteiger partial charge in [0.25, 0.3) is 0 Å². The van der Waals surface area contributed by atoms with E-state index in [9.17, 15) is 9.59 Å². The van der Waals surface area contributed by atoms with Crippen LogP contribution in [0.25, 0.3) is 0 Å². The Labute approximate surface area is 146 Å². The van der Waals surface area contributed by atoms with Crippen molar-refractivity contribution in [2.45, 2.75) is 38.9 Å². The summed E-state index contributed by atoms with van der Waals surface area (Å²) in [4.78, 5) is 22.3. The standard InChI is InChI=1S/C20H20O5/c1-13(21)23-17-9-5-7-15(11-17)19(3)20(4,25-19)16-8-6-10-18(12-16)24-14(2)22/h5-12H,1-4H3/t19-,20-/m0/s1. The third-order valence-electron chi connectivity index (χ3n) is 4.57. The molecule has 0 spiro atoms. The highest BCUT2D eigenvalue weighted by Crippen LogP contribution is 2.62. The molecule has 2 aromatic carbocycles. The van der Waals surface area contributed by atoms with Crippen LogP contribution < -0.4 is 9.47 Å². The molecule has 25 heavy (non-hydrogen) atoms. The number of rotatable bonds is 4. The smallest absolute Gasteiger partial charge is 0.308 e. The van der Waals surface area contributed by atoms with Crippen LogP contribution in [0.2, 0.25) is 0 Å². The third-order valence-corrected chi connectivity index (χ3v) is 4.57. The molecule has 5 heteroatoms. The molecule has 0 aliphatic carbocycles. The Morgan fingerprint density at radius 2 is 1.20 bits per heavy atom. The summed E-state index contributed by atoms with van der Waals surface area (Å²) in [5.74, 6) is 0.238. The third kappa shape index (κ3) is 3.15. The van der Waals surface area contributed by atoms with Gasteiger partial charge in [0.1, 0.15) is 22.7 Å². The summed E-state index contributed by atoms with van der Waals surface area (Å²) in [6.07, 6.45) is 0. The molecule has 0 unspecified atom stereocenters. The van der Waals surface area contributed by atoms with E-state index in [0.29, 0.717) is 11.5 Å². The van der Waals surface area contributed by atoms with Crippen LogP contribution in [0.15, 0.2) is 48.5 Å². The molecule has 1 aliphatic heterocycles. The maximum Gasteiger partial charge on any atom is 0.308 e. The van der Waals surface area contributed by atoms with Crippen LogP contribution >= 0.6 is 0 Å². The molecule has 5 nitrogen and oxygen atoms in total. The lowest BCUT2D eigenvalue weighted by molar-refractivity contribution is -0.132. The molecule has 1 fully saturated rings. The lowest BCUT2D eigenvalue weighted by Gasteiger charge is -2.15. The van der Waals surface area contributed by atoms with Gasteiger partial charge in [0, 0.05) is 13.8 Å². The normalized spacial score (nSPS) is 24.5. The van der Waals surface area contributed by atoms with Gasteiger partial charge in [-0.2, -0.15) is 0 Å². The van der Waals surface area contributed by atoms with Gasteiger partial charge in [-0.25, -0.2) is 0 Å². The maximum atomic E-state index is 11.2. The zero-order chi connectivity index (χ0) is 18.2. The van der Waals surface area contributed by atoms with Gasteiger partial charge >= 0.3 is 11.9 Å². The van der Waals surface area contributed by atoms with Crippen LogP contribution in [-0.4, -0.2) is 11.9 Å². The molecule has 0 radical (unpaired) electrons. The predicted molar refractivity (Wildman–Crippen MR) is 91.3 cm³/mol. The number of hydrogen-bond acceptors (Lipinski definition) is 5. The van der Waals surface area contributed by atoms with Crippen molar-refractivity contribution in [3.05, 3.63) is 59.7 Å². The van der Waals surface area contributed by atoms with E-state index >= 15 is 0 Å². The molecule has 0 N–H and O–H groups in total. The van der Waals surface area contributed by atoms with Crippen molar-refractivity contribution in [3.8, 4) is 11.5 Å². The van der Waals surface area contributed by atoms with Crippen LogP contribution in [0.4, 0.5) is 0 Å². The molecular weight excluding hydrogens is 320 g/mol. The molecular formula is C20H20O5. The Morgan fingerprint density at radius 3 is 1.56 bits per heavy atom. The van der Waals surface area contributed by atoms with E-state index in [1.54, 1.807) is 12.1 Å². The molecule has 130 valence electrons. The van der Waals surface area contributed by atoms with E-state index < -0.39 is 11.2 Å². The predicted octanol–water partition coefficient (Wildman–Crippen LogP) is 3.70. The Bertz CT molecular complexity index is 774. The lowest BCUT2D eigenvalue weighted by Crippen LogP contribution is -2.17. The minimum Gasteiger partial charge on any atom is -0.427 e. The molecule has 3 rings (SSSR count). The van der Waals surface area contributed by atoms with E-state index in [4.69, 9.17) is 14.2 Å². The van der Waals surface area contributed by atoms with Gasteiger partial charge in [-0.05, 0) is 49.2 Å². The van der Waals surface area contributed by atoms with Gasteiger partial charge < -0.3 is 14.2 Å². The number of esters is 2. The Hall–Kier alpha value is -2.66. The van der Waals surface area contributed by atoms with Crippen molar-refractivity contribution < 1.29 is 23.8 Å². The van der Waals surface area contributed by atoms with Crippen LogP contribution in [-0.2, 0) is 25.5 Å². The van der Waals surface area contributed by atoms with Gasteiger partial charge in [0.15, 0.2) is 0 Å². The van der Waals surface area contributed by atoms with E-state index in [2.05, 4.69) is 0 Å². The van der Waals surface area contributed by atoms with Gasteiger partial charge in [-0.1, -0.05) is 24.3 Å². The number of carbonyl (C=O) groups excluding carboxylic acids is 2. The second kappa shape index (κ2) is 6.01. The van der Waals surface area contributed by atoms with E-state index in [0.717, 1.165) is 11.1 Å². The van der Waals surface area contributed by atoms with E-state index in [1.165, 1.54) is 13.8 Å². The lowest BCUT2D eigenvalue weighted by atomic mass is 9.84. The zero-order valence-corrected chi connectivity index (χ0v) is 14.7. The summed E-state index contributed by atoms with van der Waals surface area (Å²) in [5, 5.41) is 0. The summed E-state index contributed by atoms with van der Waals surface area (Å²) < 4.78 is 16.4. The first-order valence-corrected chi connectivity index (χ1v) is 8.03. The SMILES string of the molecule is CC(=O)Oc1cccc([C@]2(C)O[C@@]2(C)c2cccc(OC(C)=O)c2)c1. The van der Waals surface area contributed by atoms with Crippen molar-refractivity contribution in [2.75, 3.05) is 0 Å². The second-order valence-corrected chi connectivity index (χ2v) is 6.41. The quantitative estimate of drug-likeness (QED) is 0.482. The largest absolute Gasteiger partial charge is 0.427 e. The Kier molecular flexibility index (Phi) is 4.13. The Balaban J connectivity index is 1.91. The molecule has 0 amide bonds. The number of benzene rings is 2. The van der Waals surface area contributed by atoms with Gasteiger partial charge in [0.2, 0.25) is 0 Å². The van der Waals surface area contributed by atoms with Crippen LogP contribution in [0.1, 0.15) is 38.8 Å². The summed E-state index contributed by atoms with van der Waals surface area (Å²) >= 11 is 0. The first kappa shape index (κ1) is 17.2. The topological polar surface area (TPSA) is 65.1 Å². The maximum absolute atomic E-state index is 11.2. The van der Waals surface area contributed by atoms with Crippen molar-refractivity contribution in [1.82, 2.24) is 0 Å². The molecule has 0 bridgehead atoms. The molecule has 2 atom stereocenters. The fourth-order valence-electron chi connectivity index (χ4n) is 3.10. The summed E-state index contributed by atoms with van der Waals surface area (Å²) in [5.41, 5.74) is 0.675. The summed E-state index contributed by atoms with van der Waals surface area (Å²) in [6.45, 7) is 6.70. The molecule has 1 aliphatic rings. The average Bonchev–Trinajstić information content (AvgIpc) is 3.11. The fourth-order valence-corrected chi connectivity index (χ4v) is 3.10. The first-order chi connectivity index (χ1) is 11.7. The van der Waals surface area contributed by atoms with Crippen molar-refractivity contribution >= 4 is 11.9 Å². The highest BCUT2D eigenvalue weighted by molar-refractivity contribution is 5.70. The molecule has 1 heterocycles. The first-order valence-electron chi connectivity index (χ1n) is 8.03. The van der Waals surface area contributed by atoms with Crippen molar-refractivity contribution in [1.29, 1.82) is 0 Å². The summed E-state index contributed by atoms with van der Waals surface area (Å²) in [7, 11) is 0. The fraction of sp³-hybridized carbons (Fsp3) is 0.300. The second-order valence-electron chi connectivity index (χ2n) is 6.41. The molecule has 2 aromatic rings. The molecule has 0 saturated carbocycles. The average molecular weight is 340 g/mol.